The van der Waals surface area contributed by atoms with Gasteiger partial charge in [0.05, 0.1) is 7.11 Å². The van der Waals surface area contributed by atoms with Crippen LogP contribution in [0.5, 0.6) is 5.75 Å². The van der Waals surface area contributed by atoms with Crippen molar-refractivity contribution in [2.45, 2.75) is 32.6 Å². The van der Waals surface area contributed by atoms with E-state index in [1.54, 1.807) is 7.11 Å². The second kappa shape index (κ2) is 8.68. The highest BCUT2D eigenvalue weighted by Gasteiger charge is 2.30. The molecule has 1 saturated carbocycles. The normalized spacial score (nSPS) is 17.4. The molecule has 154 valence electrons. The van der Waals surface area contributed by atoms with E-state index < -0.39 is 0 Å². The third kappa shape index (κ3) is 4.60. The molecule has 1 aromatic carbocycles. The van der Waals surface area contributed by atoms with E-state index in [9.17, 15) is 4.79 Å². The topological polar surface area (TPSA) is 70.6 Å². The third-order valence-corrected chi connectivity index (χ3v) is 5.78. The Bertz CT molecular complexity index is 841. The van der Waals surface area contributed by atoms with Crippen LogP contribution >= 0.6 is 0 Å². The van der Waals surface area contributed by atoms with Crippen LogP contribution in [0.4, 0.5) is 17.5 Å². The molecule has 1 saturated heterocycles. The van der Waals surface area contributed by atoms with Gasteiger partial charge < -0.3 is 19.9 Å². The van der Waals surface area contributed by atoms with E-state index in [4.69, 9.17) is 9.72 Å². The molecular weight excluding hydrogens is 366 g/mol. The molecule has 29 heavy (non-hydrogen) atoms. The van der Waals surface area contributed by atoms with Gasteiger partial charge in [0, 0.05) is 49.5 Å². The van der Waals surface area contributed by atoms with Crippen molar-refractivity contribution in [3.63, 3.8) is 0 Å². The summed E-state index contributed by atoms with van der Waals surface area (Å²) in [6, 6.07) is 9.69. The summed E-state index contributed by atoms with van der Waals surface area (Å²) in [6.07, 6.45) is 4.50. The lowest BCUT2D eigenvalue weighted by Crippen LogP contribution is -2.50. The zero-order valence-corrected chi connectivity index (χ0v) is 17.2. The first-order valence-electron chi connectivity index (χ1n) is 10.4. The number of benzene rings is 1. The van der Waals surface area contributed by atoms with Gasteiger partial charge in [-0.2, -0.15) is 4.98 Å². The molecule has 7 heteroatoms. The number of aromatic nitrogens is 2. The van der Waals surface area contributed by atoms with E-state index in [1.165, 1.54) is 12.8 Å². The van der Waals surface area contributed by atoms with E-state index in [0.717, 1.165) is 62.0 Å². The molecule has 0 atom stereocenters. The monoisotopic (exact) mass is 395 g/mol. The standard InChI is InChI=1S/C22H29N5O2/c1-16-15-20(24-18-7-9-19(29-2)10-8-18)25-22(23-16)27-13-11-26(12-14-27)21(28)17-5-3-4-6-17/h7-10,15,17H,3-6,11-14H2,1-2H3,(H,23,24,25). The molecule has 1 aliphatic carbocycles. The molecule has 0 unspecified atom stereocenters. The zero-order valence-electron chi connectivity index (χ0n) is 17.2. The fraction of sp³-hybridized carbons (Fsp3) is 0.500. The minimum absolute atomic E-state index is 0.247. The van der Waals surface area contributed by atoms with Crippen LogP contribution in [0, 0.1) is 12.8 Å². The summed E-state index contributed by atoms with van der Waals surface area (Å²) in [4.78, 5) is 26.2. The van der Waals surface area contributed by atoms with E-state index in [-0.39, 0.29) is 5.92 Å². The molecule has 4 rings (SSSR count). The summed E-state index contributed by atoms with van der Waals surface area (Å²) in [5.74, 6) is 2.89. The molecule has 0 spiro atoms. The summed E-state index contributed by atoms with van der Waals surface area (Å²) in [7, 11) is 1.66. The van der Waals surface area contributed by atoms with Crippen molar-refractivity contribution in [2.75, 3.05) is 43.5 Å². The molecule has 1 aromatic heterocycles. The Morgan fingerprint density at radius 3 is 2.41 bits per heavy atom. The number of carbonyl (C=O) groups excluding carboxylic acids is 1. The van der Waals surface area contributed by atoms with Crippen molar-refractivity contribution in [1.29, 1.82) is 0 Å². The number of rotatable bonds is 5. The van der Waals surface area contributed by atoms with Crippen LogP contribution in [0.3, 0.4) is 0 Å². The van der Waals surface area contributed by atoms with Crippen molar-refractivity contribution in [3.8, 4) is 5.75 Å². The molecule has 2 aliphatic rings. The molecule has 2 heterocycles. The lowest BCUT2D eigenvalue weighted by Gasteiger charge is -2.36. The van der Waals surface area contributed by atoms with Gasteiger partial charge in [0.15, 0.2) is 0 Å². The third-order valence-electron chi connectivity index (χ3n) is 5.78. The first-order chi connectivity index (χ1) is 14.1. The lowest BCUT2D eigenvalue weighted by molar-refractivity contribution is -0.135. The van der Waals surface area contributed by atoms with Crippen LogP contribution in [0.2, 0.25) is 0 Å². The summed E-state index contributed by atoms with van der Waals surface area (Å²) in [5, 5.41) is 3.34. The first kappa shape index (κ1) is 19.5. The Kier molecular flexibility index (Phi) is 5.83. The number of piperazine rings is 1. The highest BCUT2D eigenvalue weighted by Crippen LogP contribution is 2.27. The van der Waals surface area contributed by atoms with Gasteiger partial charge in [-0.15, -0.1) is 0 Å². The Morgan fingerprint density at radius 1 is 1.07 bits per heavy atom. The number of anilines is 3. The highest BCUT2D eigenvalue weighted by atomic mass is 16.5. The fourth-order valence-electron chi connectivity index (χ4n) is 4.14. The Labute approximate surface area is 172 Å². The Morgan fingerprint density at radius 2 is 1.76 bits per heavy atom. The number of nitrogens with zero attached hydrogens (tertiary/aromatic N) is 4. The van der Waals surface area contributed by atoms with Crippen molar-refractivity contribution in [3.05, 3.63) is 36.0 Å². The minimum Gasteiger partial charge on any atom is -0.497 e. The minimum atomic E-state index is 0.247. The van der Waals surface area contributed by atoms with Crippen molar-refractivity contribution >= 4 is 23.4 Å². The summed E-state index contributed by atoms with van der Waals surface area (Å²) in [5.41, 5.74) is 1.86. The zero-order chi connectivity index (χ0) is 20.2. The van der Waals surface area contributed by atoms with Gasteiger partial charge in [-0.3, -0.25) is 4.79 Å². The number of methoxy groups -OCH3 is 1. The first-order valence-corrected chi connectivity index (χ1v) is 10.4. The number of ether oxygens (including phenoxy) is 1. The molecule has 1 N–H and O–H groups in total. The number of aryl methyl sites for hydroxylation is 1. The number of nitrogens with one attached hydrogen (secondary N) is 1. The van der Waals surface area contributed by atoms with Crippen LogP contribution in [-0.4, -0.2) is 54.1 Å². The van der Waals surface area contributed by atoms with E-state index in [0.29, 0.717) is 11.9 Å². The van der Waals surface area contributed by atoms with Gasteiger partial charge in [-0.1, -0.05) is 12.8 Å². The Hall–Kier alpha value is -2.83. The van der Waals surface area contributed by atoms with Crippen LogP contribution in [0.25, 0.3) is 0 Å². The van der Waals surface area contributed by atoms with E-state index >= 15 is 0 Å². The van der Waals surface area contributed by atoms with Crippen molar-refractivity contribution < 1.29 is 9.53 Å². The molecule has 0 radical (unpaired) electrons. The van der Waals surface area contributed by atoms with Crippen molar-refractivity contribution in [1.82, 2.24) is 14.9 Å². The van der Waals surface area contributed by atoms with Crippen LogP contribution in [-0.2, 0) is 4.79 Å². The van der Waals surface area contributed by atoms with Gasteiger partial charge >= 0.3 is 0 Å². The molecule has 2 fully saturated rings. The van der Waals surface area contributed by atoms with E-state index in [1.807, 2.05) is 42.2 Å². The van der Waals surface area contributed by atoms with Gasteiger partial charge in [0.2, 0.25) is 11.9 Å². The van der Waals surface area contributed by atoms with Gasteiger partial charge in [0.25, 0.3) is 0 Å². The predicted octanol–water partition coefficient (Wildman–Crippen LogP) is 3.38. The molecule has 7 nitrogen and oxygen atoms in total. The smallest absolute Gasteiger partial charge is 0.227 e. The average Bonchev–Trinajstić information content (AvgIpc) is 3.28. The van der Waals surface area contributed by atoms with Gasteiger partial charge in [-0.05, 0) is 44.0 Å². The molecular formula is C22H29N5O2. The number of hydrogen-bond acceptors (Lipinski definition) is 6. The summed E-state index contributed by atoms with van der Waals surface area (Å²) >= 11 is 0. The Balaban J connectivity index is 1.40. The van der Waals surface area contributed by atoms with E-state index in [2.05, 4.69) is 15.2 Å². The number of amides is 1. The predicted molar refractivity (Wildman–Crippen MR) is 114 cm³/mol. The van der Waals surface area contributed by atoms with Crippen LogP contribution in [0.1, 0.15) is 31.4 Å². The fourth-order valence-corrected chi connectivity index (χ4v) is 4.14. The molecule has 0 bridgehead atoms. The highest BCUT2D eigenvalue weighted by molar-refractivity contribution is 5.79. The van der Waals surface area contributed by atoms with Crippen molar-refractivity contribution in [2.24, 2.45) is 5.92 Å². The van der Waals surface area contributed by atoms with Gasteiger partial charge in [-0.25, -0.2) is 4.98 Å². The largest absolute Gasteiger partial charge is 0.497 e. The number of hydrogen-bond donors (Lipinski definition) is 1. The average molecular weight is 396 g/mol. The maximum absolute atomic E-state index is 12.7. The van der Waals surface area contributed by atoms with Crippen LogP contribution in [0.15, 0.2) is 30.3 Å². The second-order valence-electron chi connectivity index (χ2n) is 7.84. The number of carbonyl (C=O) groups is 1. The second-order valence-corrected chi connectivity index (χ2v) is 7.84. The van der Waals surface area contributed by atoms with Crippen LogP contribution < -0.4 is 15.0 Å². The maximum atomic E-state index is 12.7. The van der Waals surface area contributed by atoms with Gasteiger partial charge in [0.1, 0.15) is 11.6 Å². The summed E-state index contributed by atoms with van der Waals surface area (Å²) in [6.45, 7) is 5.00. The quantitative estimate of drug-likeness (QED) is 0.837. The SMILES string of the molecule is COc1ccc(Nc2cc(C)nc(N3CCN(C(=O)C4CCCC4)CC3)n2)cc1. The molecule has 1 amide bonds. The maximum Gasteiger partial charge on any atom is 0.227 e. The molecule has 1 aliphatic heterocycles. The molecule has 2 aromatic rings. The lowest BCUT2D eigenvalue weighted by atomic mass is 10.1. The summed E-state index contributed by atoms with van der Waals surface area (Å²) < 4.78 is 5.21.